The van der Waals surface area contributed by atoms with Gasteiger partial charge in [0, 0.05) is 11.8 Å². The van der Waals surface area contributed by atoms with Crippen molar-refractivity contribution >= 4 is 11.7 Å². The van der Waals surface area contributed by atoms with E-state index in [2.05, 4.69) is 10.3 Å². The third-order valence-corrected chi connectivity index (χ3v) is 2.66. The molecule has 1 aromatic carbocycles. The van der Waals surface area contributed by atoms with Gasteiger partial charge in [0.2, 0.25) is 0 Å². The first-order chi connectivity index (χ1) is 9.65. The van der Waals surface area contributed by atoms with Gasteiger partial charge in [-0.15, -0.1) is 0 Å². The zero-order valence-electron chi connectivity index (χ0n) is 11.1. The minimum atomic E-state index is -0.403. The normalized spacial score (nSPS) is 9.90. The minimum Gasteiger partial charge on any atom is -0.504 e. The maximum atomic E-state index is 12.1. The first kappa shape index (κ1) is 13.7. The van der Waals surface area contributed by atoms with Gasteiger partial charge in [-0.05, 0) is 30.3 Å². The quantitative estimate of drug-likeness (QED) is 0.892. The molecule has 1 aromatic heterocycles. The Morgan fingerprint density at radius 3 is 2.60 bits per heavy atom. The number of anilines is 1. The van der Waals surface area contributed by atoms with Crippen molar-refractivity contribution in [2.24, 2.45) is 0 Å². The molecule has 0 aliphatic rings. The first-order valence-corrected chi connectivity index (χ1v) is 5.83. The summed E-state index contributed by atoms with van der Waals surface area (Å²) in [5.74, 6) is 0.587. The van der Waals surface area contributed by atoms with Gasteiger partial charge in [-0.3, -0.25) is 4.79 Å². The Bertz CT molecular complexity index is 628. The third-order valence-electron chi connectivity index (χ3n) is 2.66. The fourth-order valence-corrected chi connectivity index (χ4v) is 1.65. The Labute approximate surface area is 116 Å². The molecule has 0 spiro atoms. The summed E-state index contributed by atoms with van der Waals surface area (Å²) in [5, 5.41) is 12.1. The van der Waals surface area contributed by atoms with Crippen LogP contribution in [0, 0.1) is 0 Å². The Balaban J connectivity index is 2.24. The van der Waals surface area contributed by atoms with Gasteiger partial charge in [0.1, 0.15) is 0 Å². The van der Waals surface area contributed by atoms with Crippen molar-refractivity contribution in [3.63, 3.8) is 0 Å². The lowest BCUT2D eigenvalue weighted by molar-refractivity contribution is 0.102. The molecular weight excluding hydrogens is 260 g/mol. The van der Waals surface area contributed by atoms with Crippen LogP contribution in [0.2, 0.25) is 0 Å². The van der Waals surface area contributed by atoms with Crippen LogP contribution in [0.4, 0.5) is 5.82 Å². The lowest BCUT2D eigenvalue weighted by Crippen LogP contribution is -2.13. The summed E-state index contributed by atoms with van der Waals surface area (Å²) in [7, 11) is 3.01. The highest BCUT2D eigenvalue weighted by molar-refractivity contribution is 6.04. The molecule has 2 rings (SSSR count). The molecule has 2 aromatic rings. The highest BCUT2D eigenvalue weighted by Gasteiger charge is 2.12. The molecule has 0 aliphatic carbocycles. The summed E-state index contributed by atoms with van der Waals surface area (Å²) in [6.45, 7) is 0. The summed E-state index contributed by atoms with van der Waals surface area (Å²) in [6.07, 6.45) is 1.48. The van der Waals surface area contributed by atoms with Crippen LogP contribution in [-0.2, 0) is 0 Å². The molecule has 20 heavy (non-hydrogen) atoms. The summed E-state index contributed by atoms with van der Waals surface area (Å²) in [6, 6.07) is 7.79. The molecule has 104 valence electrons. The van der Waals surface area contributed by atoms with Gasteiger partial charge in [0.25, 0.3) is 5.91 Å². The monoisotopic (exact) mass is 274 g/mol. The van der Waals surface area contributed by atoms with E-state index in [-0.39, 0.29) is 11.6 Å². The van der Waals surface area contributed by atoms with Crippen molar-refractivity contribution in [1.82, 2.24) is 4.98 Å². The maximum Gasteiger partial charge on any atom is 0.257 e. The average molecular weight is 274 g/mol. The number of nitrogens with zero attached hydrogens (tertiary/aromatic N) is 1. The van der Waals surface area contributed by atoms with E-state index in [1.165, 1.54) is 26.5 Å². The molecular formula is C14H14N2O4. The summed E-state index contributed by atoms with van der Waals surface area (Å²) in [5.41, 5.74) is 0.368. The molecule has 0 bridgehead atoms. The van der Waals surface area contributed by atoms with Crippen LogP contribution in [-0.4, -0.2) is 30.2 Å². The number of amides is 1. The second kappa shape index (κ2) is 5.92. The van der Waals surface area contributed by atoms with E-state index in [0.717, 1.165) is 0 Å². The van der Waals surface area contributed by atoms with Crippen molar-refractivity contribution in [3.8, 4) is 17.2 Å². The van der Waals surface area contributed by atoms with Gasteiger partial charge in [0.05, 0.1) is 14.2 Å². The number of hydrogen-bond donors (Lipinski definition) is 2. The number of rotatable bonds is 4. The molecule has 0 unspecified atom stereocenters. The molecule has 6 nitrogen and oxygen atoms in total. The Kier molecular flexibility index (Phi) is 4.05. The van der Waals surface area contributed by atoms with Crippen molar-refractivity contribution in [3.05, 3.63) is 42.1 Å². The summed E-state index contributed by atoms with van der Waals surface area (Å²) >= 11 is 0. The number of hydrogen-bond acceptors (Lipinski definition) is 5. The minimum absolute atomic E-state index is 0.0960. The number of aromatic hydroxyl groups is 1. The van der Waals surface area contributed by atoms with Gasteiger partial charge in [0.15, 0.2) is 23.1 Å². The van der Waals surface area contributed by atoms with Gasteiger partial charge in [-0.1, -0.05) is 0 Å². The number of ether oxygens (including phenoxy) is 2. The van der Waals surface area contributed by atoms with E-state index >= 15 is 0 Å². The number of carbonyl (C=O) groups excluding carboxylic acids is 1. The first-order valence-electron chi connectivity index (χ1n) is 5.83. The highest BCUT2D eigenvalue weighted by Crippen LogP contribution is 2.28. The Hall–Kier alpha value is -2.76. The molecule has 1 heterocycles. The zero-order valence-corrected chi connectivity index (χ0v) is 11.1. The van der Waals surface area contributed by atoms with Crippen LogP contribution in [0.15, 0.2) is 36.5 Å². The summed E-state index contributed by atoms with van der Waals surface area (Å²) in [4.78, 5) is 16.0. The predicted molar refractivity (Wildman–Crippen MR) is 73.4 cm³/mol. The molecule has 0 fully saturated rings. The number of aromatic nitrogens is 1. The van der Waals surface area contributed by atoms with E-state index < -0.39 is 5.91 Å². The van der Waals surface area contributed by atoms with Crippen molar-refractivity contribution < 1.29 is 19.4 Å². The fraction of sp³-hybridized carbons (Fsp3) is 0.143. The maximum absolute atomic E-state index is 12.1. The van der Waals surface area contributed by atoms with E-state index in [1.54, 1.807) is 24.3 Å². The van der Waals surface area contributed by atoms with Crippen LogP contribution < -0.4 is 14.8 Å². The Morgan fingerprint density at radius 1 is 1.20 bits per heavy atom. The number of pyridine rings is 1. The van der Waals surface area contributed by atoms with Crippen LogP contribution in [0.3, 0.4) is 0 Å². The van der Waals surface area contributed by atoms with Crippen molar-refractivity contribution in [2.45, 2.75) is 0 Å². The molecule has 0 saturated carbocycles. The van der Waals surface area contributed by atoms with Crippen molar-refractivity contribution in [1.29, 1.82) is 0 Å². The van der Waals surface area contributed by atoms with E-state index in [0.29, 0.717) is 17.1 Å². The standard InChI is InChI=1S/C14H14N2O4/c1-19-11-6-5-9(8-12(11)20-2)14(18)16-13-10(17)4-3-7-15-13/h3-8,17H,1-2H3,(H,15,16,18). The smallest absolute Gasteiger partial charge is 0.257 e. The van der Waals surface area contributed by atoms with Gasteiger partial charge in [-0.25, -0.2) is 4.98 Å². The molecule has 1 amide bonds. The largest absolute Gasteiger partial charge is 0.504 e. The molecule has 0 aliphatic heterocycles. The van der Waals surface area contributed by atoms with E-state index in [4.69, 9.17) is 9.47 Å². The third kappa shape index (κ3) is 2.80. The zero-order chi connectivity index (χ0) is 14.5. The lowest BCUT2D eigenvalue weighted by Gasteiger charge is -2.10. The number of benzene rings is 1. The number of carbonyl (C=O) groups is 1. The fourth-order valence-electron chi connectivity index (χ4n) is 1.65. The lowest BCUT2D eigenvalue weighted by atomic mass is 10.2. The molecule has 0 radical (unpaired) electrons. The van der Waals surface area contributed by atoms with Gasteiger partial charge >= 0.3 is 0 Å². The van der Waals surface area contributed by atoms with Crippen molar-refractivity contribution in [2.75, 3.05) is 19.5 Å². The highest BCUT2D eigenvalue weighted by atomic mass is 16.5. The van der Waals surface area contributed by atoms with Crippen LogP contribution in [0.5, 0.6) is 17.2 Å². The van der Waals surface area contributed by atoms with E-state index in [9.17, 15) is 9.90 Å². The van der Waals surface area contributed by atoms with Gasteiger partial charge < -0.3 is 19.9 Å². The molecule has 0 atom stereocenters. The summed E-state index contributed by atoms with van der Waals surface area (Å²) < 4.78 is 10.2. The molecule has 2 N–H and O–H groups in total. The molecule has 0 saturated heterocycles. The van der Waals surface area contributed by atoms with Crippen LogP contribution in [0.1, 0.15) is 10.4 Å². The second-order valence-corrected chi connectivity index (χ2v) is 3.90. The van der Waals surface area contributed by atoms with Crippen LogP contribution >= 0.6 is 0 Å². The van der Waals surface area contributed by atoms with Crippen LogP contribution in [0.25, 0.3) is 0 Å². The SMILES string of the molecule is COc1ccc(C(=O)Nc2ncccc2O)cc1OC. The predicted octanol–water partition coefficient (Wildman–Crippen LogP) is 2.06. The number of nitrogens with one attached hydrogen (secondary N) is 1. The number of methoxy groups -OCH3 is 2. The Morgan fingerprint density at radius 2 is 1.95 bits per heavy atom. The topological polar surface area (TPSA) is 80.7 Å². The van der Waals surface area contributed by atoms with Gasteiger partial charge in [-0.2, -0.15) is 0 Å². The average Bonchev–Trinajstić information content (AvgIpc) is 2.48. The van der Waals surface area contributed by atoms with E-state index in [1.807, 2.05) is 0 Å². The second-order valence-electron chi connectivity index (χ2n) is 3.90. The molecule has 6 heteroatoms.